The average molecular weight is 222 g/mol. The van der Waals surface area contributed by atoms with Crippen molar-refractivity contribution in [3.63, 3.8) is 0 Å². The molecule has 1 aromatic rings. The Morgan fingerprint density at radius 3 is 2.69 bits per heavy atom. The fourth-order valence-corrected chi connectivity index (χ4v) is 2.00. The predicted octanol–water partition coefficient (Wildman–Crippen LogP) is 1.45. The van der Waals surface area contributed by atoms with Gasteiger partial charge in [0.15, 0.2) is 0 Å². The largest absolute Gasteiger partial charge is 0.481 e. The number of fused-ring (bicyclic) bond motifs is 1. The highest BCUT2D eigenvalue weighted by Gasteiger charge is 2.19. The second-order valence-corrected chi connectivity index (χ2v) is 3.85. The van der Waals surface area contributed by atoms with Crippen LogP contribution in [0.1, 0.15) is 41.1 Å². The lowest BCUT2D eigenvalue weighted by Gasteiger charge is -2.10. The molecule has 0 fully saturated rings. The molecule has 0 atom stereocenters. The number of carboxylic acid groups (broad SMARTS) is 1. The molecule has 1 N–H and O–H groups in total. The minimum Gasteiger partial charge on any atom is -0.481 e. The Balaban J connectivity index is 2.50. The van der Waals surface area contributed by atoms with Crippen LogP contribution in [0.2, 0.25) is 0 Å². The van der Waals surface area contributed by atoms with Crippen molar-refractivity contribution in [3.05, 3.63) is 17.1 Å². The number of aromatic nitrogens is 2. The normalized spacial score (nSPS) is 15.1. The second kappa shape index (κ2) is 4.47. The molecule has 0 radical (unpaired) electrons. The van der Waals surface area contributed by atoms with Gasteiger partial charge in [0.1, 0.15) is 0 Å². The van der Waals surface area contributed by atoms with Crippen molar-refractivity contribution < 1.29 is 14.6 Å². The maximum Gasteiger partial charge on any atom is 0.374 e. The van der Waals surface area contributed by atoms with Crippen LogP contribution < -0.4 is 4.74 Å². The maximum absolute atomic E-state index is 10.9. The number of carbonyl (C=O) groups is 1. The average Bonchev–Trinajstić information content (AvgIpc) is 2.52. The molecule has 0 saturated heterocycles. The minimum absolute atomic E-state index is 0.169. The standard InChI is InChI=1S/C11H14N2O3/c1-16-10-7-5-3-2-4-6-8(7)12-9(13-10)11(14)15/h2-6H2,1H3,(H,14,15). The van der Waals surface area contributed by atoms with E-state index in [1.807, 2.05) is 0 Å². The Morgan fingerprint density at radius 1 is 1.25 bits per heavy atom. The van der Waals surface area contributed by atoms with Gasteiger partial charge in [-0.05, 0) is 25.7 Å². The molecule has 5 heteroatoms. The number of aryl methyl sites for hydroxylation is 1. The molecular weight excluding hydrogens is 208 g/mol. The molecule has 86 valence electrons. The third-order valence-corrected chi connectivity index (χ3v) is 2.78. The highest BCUT2D eigenvalue weighted by Crippen LogP contribution is 2.26. The topological polar surface area (TPSA) is 72.3 Å². The lowest BCUT2D eigenvalue weighted by atomic mass is 10.1. The number of aromatic carboxylic acids is 1. The first kappa shape index (κ1) is 10.9. The number of nitrogens with zero attached hydrogens (tertiary/aromatic N) is 2. The van der Waals surface area contributed by atoms with Crippen LogP contribution >= 0.6 is 0 Å². The van der Waals surface area contributed by atoms with Gasteiger partial charge in [0.05, 0.1) is 12.8 Å². The van der Waals surface area contributed by atoms with Crippen LogP contribution in [0, 0.1) is 0 Å². The molecule has 2 rings (SSSR count). The summed E-state index contributed by atoms with van der Waals surface area (Å²) >= 11 is 0. The van der Waals surface area contributed by atoms with Crippen molar-refractivity contribution in [2.75, 3.05) is 7.11 Å². The van der Waals surface area contributed by atoms with E-state index in [9.17, 15) is 4.79 Å². The SMILES string of the molecule is COc1nc(C(=O)O)nc2c1CCCCC2. The molecule has 0 spiro atoms. The summed E-state index contributed by atoms with van der Waals surface area (Å²) in [4.78, 5) is 18.9. The lowest BCUT2D eigenvalue weighted by molar-refractivity contribution is 0.0681. The summed E-state index contributed by atoms with van der Waals surface area (Å²) in [5.74, 6) is -0.854. The van der Waals surface area contributed by atoms with E-state index < -0.39 is 5.97 Å². The van der Waals surface area contributed by atoms with Crippen molar-refractivity contribution in [1.82, 2.24) is 9.97 Å². The van der Waals surface area contributed by atoms with Gasteiger partial charge in [0.25, 0.3) is 0 Å². The van der Waals surface area contributed by atoms with Crippen LogP contribution in [0.15, 0.2) is 0 Å². The lowest BCUT2D eigenvalue weighted by Crippen LogP contribution is -2.11. The van der Waals surface area contributed by atoms with Crippen LogP contribution in [0.5, 0.6) is 5.88 Å². The monoisotopic (exact) mass is 222 g/mol. The fourth-order valence-electron chi connectivity index (χ4n) is 2.00. The molecule has 0 aromatic carbocycles. The zero-order chi connectivity index (χ0) is 11.5. The van der Waals surface area contributed by atoms with Gasteiger partial charge in [-0.15, -0.1) is 0 Å². The van der Waals surface area contributed by atoms with Gasteiger partial charge in [0, 0.05) is 5.56 Å². The molecular formula is C11H14N2O3. The van der Waals surface area contributed by atoms with E-state index in [0.717, 1.165) is 43.4 Å². The minimum atomic E-state index is -1.11. The van der Waals surface area contributed by atoms with Crippen LogP contribution in [-0.2, 0) is 12.8 Å². The molecule has 0 unspecified atom stereocenters. The Bertz CT molecular complexity index is 418. The highest BCUT2D eigenvalue weighted by atomic mass is 16.5. The van der Waals surface area contributed by atoms with E-state index in [0.29, 0.717) is 5.88 Å². The Morgan fingerprint density at radius 2 is 2.00 bits per heavy atom. The number of hydrogen-bond acceptors (Lipinski definition) is 4. The highest BCUT2D eigenvalue weighted by molar-refractivity contribution is 5.83. The predicted molar refractivity (Wildman–Crippen MR) is 56.8 cm³/mol. The van der Waals surface area contributed by atoms with Crippen LogP contribution in [0.25, 0.3) is 0 Å². The molecule has 5 nitrogen and oxygen atoms in total. The quantitative estimate of drug-likeness (QED) is 0.767. The molecule has 0 saturated carbocycles. The van der Waals surface area contributed by atoms with Crippen LogP contribution in [0.4, 0.5) is 0 Å². The van der Waals surface area contributed by atoms with Gasteiger partial charge in [-0.3, -0.25) is 0 Å². The van der Waals surface area contributed by atoms with Gasteiger partial charge in [-0.2, -0.15) is 4.98 Å². The second-order valence-electron chi connectivity index (χ2n) is 3.85. The van der Waals surface area contributed by atoms with Crippen molar-refractivity contribution in [2.24, 2.45) is 0 Å². The van der Waals surface area contributed by atoms with Gasteiger partial charge >= 0.3 is 5.97 Å². The van der Waals surface area contributed by atoms with Crippen molar-refractivity contribution >= 4 is 5.97 Å². The Kier molecular flexibility index (Phi) is 3.03. The summed E-state index contributed by atoms with van der Waals surface area (Å²) in [5, 5.41) is 8.90. The molecule has 0 bridgehead atoms. The summed E-state index contributed by atoms with van der Waals surface area (Å²) in [6, 6.07) is 0. The van der Waals surface area contributed by atoms with E-state index in [1.54, 1.807) is 0 Å². The van der Waals surface area contributed by atoms with E-state index in [1.165, 1.54) is 7.11 Å². The van der Waals surface area contributed by atoms with Crippen molar-refractivity contribution in [1.29, 1.82) is 0 Å². The van der Waals surface area contributed by atoms with Gasteiger partial charge in [-0.1, -0.05) is 6.42 Å². The third kappa shape index (κ3) is 1.98. The first-order valence-electron chi connectivity index (χ1n) is 5.39. The maximum atomic E-state index is 10.9. The molecule has 1 aliphatic rings. The van der Waals surface area contributed by atoms with Crippen molar-refractivity contribution in [2.45, 2.75) is 32.1 Å². The van der Waals surface area contributed by atoms with E-state index in [2.05, 4.69) is 9.97 Å². The fraction of sp³-hybridized carbons (Fsp3) is 0.545. The zero-order valence-corrected chi connectivity index (χ0v) is 9.19. The van der Waals surface area contributed by atoms with Crippen LogP contribution in [-0.4, -0.2) is 28.2 Å². The summed E-state index contributed by atoms with van der Waals surface area (Å²) in [7, 11) is 1.51. The number of ether oxygens (including phenoxy) is 1. The van der Waals surface area contributed by atoms with Gasteiger partial charge < -0.3 is 9.84 Å². The molecule has 16 heavy (non-hydrogen) atoms. The first-order valence-corrected chi connectivity index (χ1v) is 5.39. The summed E-state index contributed by atoms with van der Waals surface area (Å²) in [6.07, 6.45) is 4.96. The summed E-state index contributed by atoms with van der Waals surface area (Å²) < 4.78 is 5.14. The van der Waals surface area contributed by atoms with Crippen LogP contribution in [0.3, 0.4) is 0 Å². The smallest absolute Gasteiger partial charge is 0.374 e. The van der Waals surface area contributed by atoms with Gasteiger partial charge in [-0.25, -0.2) is 9.78 Å². The summed E-state index contributed by atoms with van der Waals surface area (Å²) in [5.41, 5.74) is 1.81. The zero-order valence-electron chi connectivity index (χ0n) is 9.19. The van der Waals surface area contributed by atoms with Gasteiger partial charge in [0.2, 0.25) is 11.7 Å². The molecule has 1 aromatic heterocycles. The van der Waals surface area contributed by atoms with Crippen molar-refractivity contribution in [3.8, 4) is 5.88 Å². The first-order chi connectivity index (χ1) is 7.72. The molecule has 1 aliphatic carbocycles. The Labute approximate surface area is 93.5 Å². The Hall–Kier alpha value is -1.65. The van der Waals surface area contributed by atoms with E-state index >= 15 is 0 Å². The molecule has 0 amide bonds. The summed E-state index contributed by atoms with van der Waals surface area (Å²) in [6.45, 7) is 0. The van der Waals surface area contributed by atoms with E-state index in [4.69, 9.17) is 9.84 Å². The number of hydrogen-bond donors (Lipinski definition) is 1. The molecule has 1 heterocycles. The number of rotatable bonds is 2. The number of methoxy groups -OCH3 is 1. The number of carboxylic acids is 1. The van der Waals surface area contributed by atoms with E-state index in [-0.39, 0.29) is 5.82 Å². The third-order valence-electron chi connectivity index (χ3n) is 2.78. The molecule has 0 aliphatic heterocycles.